The Balaban J connectivity index is 0.000000113. The molecule has 3 amide bonds. The Bertz CT molecular complexity index is 4460. The minimum Gasteiger partial charge on any atom is -0.349 e. The molecule has 6 atom stereocenters. The molecule has 12 aromatic rings. The monoisotopic (exact) mass is 1260 g/mol. The molecule has 0 aliphatic carbocycles. The Kier molecular flexibility index (Phi) is 15.0. The van der Waals surface area contributed by atoms with Gasteiger partial charge in [-0.3, -0.25) is 44.0 Å². The summed E-state index contributed by atoms with van der Waals surface area (Å²) in [6, 6.07) is 82.2. The number of carbonyl (C=O) groups is 3. The normalized spacial score (nSPS) is 21.5. The number of benzene rings is 6. The van der Waals surface area contributed by atoms with Gasteiger partial charge in [0.05, 0.1) is 106 Å². The number of fused-ring (bicyclic) bond motifs is 15. The van der Waals surface area contributed by atoms with Gasteiger partial charge in [0.1, 0.15) is 0 Å². The molecule has 12 heterocycles. The first-order valence-electron chi connectivity index (χ1n) is 32.1. The Hall–Kier alpha value is -11.5. The van der Waals surface area contributed by atoms with E-state index in [9.17, 15) is 14.4 Å². The van der Waals surface area contributed by atoms with Crippen molar-refractivity contribution in [2.75, 3.05) is 19.8 Å². The summed E-state index contributed by atoms with van der Waals surface area (Å²) < 4.78 is 19.2. The lowest BCUT2D eigenvalue weighted by molar-refractivity contribution is -0.0603. The van der Waals surface area contributed by atoms with Crippen LogP contribution < -0.4 is 0 Å². The fourth-order valence-electron chi connectivity index (χ4n) is 14.6. The van der Waals surface area contributed by atoms with Crippen molar-refractivity contribution in [3.8, 4) is 67.9 Å². The van der Waals surface area contributed by atoms with Crippen molar-refractivity contribution >= 4 is 17.7 Å². The maximum Gasteiger partial charge on any atom is 0.259 e. The minimum atomic E-state index is -0.889. The summed E-state index contributed by atoms with van der Waals surface area (Å²) in [7, 11) is 0. The number of rotatable bonds is 6. The molecule has 3 saturated heterocycles. The number of aromatic nitrogens is 6. The van der Waals surface area contributed by atoms with Crippen molar-refractivity contribution in [3.63, 3.8) is 0 Å². The van der Waals surface area contributed by atoms with Gasteiger partial charge < -0.3 is 14.2 Å². The first-order valence-corrected chi connectivity index (χ1v) is 32.1. The molecule has 18 rings (SSSR count). The van der Waals surface area contributed by atoms with E-state index < -0.39 is 17.2 Å². The average molecular weight is 1260 g/mol. The Labute approximate surface area is 555 Å². The van der Waals surface area contributed by atoms with Crippen molar-refractivity contribution in [1.29, 1.82) is 0 Å². The van der Waals surface area contributed by atoms with Crippen LogP contribution in [-0.2, 0) is 31.4 Å². The molecule has 6 aromatic carbocycles. The highest BCUT2D eigenvalue weighted by molar-refractivity contribution is 6.05. The van der Waals surface area contributed by atoms with Gasteiger partial charge >= 0.3 is 0 Å². The van der Waals surface area contributed by atoms with Gasteiger partial charge in [0, 0.05) is 52.0 Å². The van der Waals surface area contributed by atoms with Crippen LogP contribution in [0.3, 0.4) is 0 Å². The van der Waals surface area contributed by atoms with Crippen LogP contribution in [-0.4, -0.2) is 82.1 Å². The predicted molar refractivity (Wildman–Crippen MR) is 365 cm³/mol. The SMILES string of the molecule is C[C@@]12OC[C@@H](c3ccccc3)N1C(=O)c1ccc(-c3ccccn3)nc1-c1ccccc12.C[C@@]12OC[C@@H](c3ccccc3)N1C(=O)c1ccc(-c3ccccn3)nc1-c1ccccc12.C[C@@]12OC[C@@H](c3ccccc3)N1C(=O)c1ccc(-c3ccccn3)nc1-c1ccccc12. The van der Waals surface area contributed by atoms with Crippen molar-refractivity contribution in [2.24, 2.45) is 0 Å². The van der Waals surface area contributed by atoms with E-state index in [2.05, 4.69) is 15.0 Å². The van der Waals surface area contributed by atoms with E-state index in [0.29, 0.717) is 53.6 Å². The second-order valence-corrected chi connectivity index (χ2v) is 24.7. The van der Waals surface area contributed by atoms with Crippen LogP contribution >= 0.6 is 0 Å². The number of nitrogens with zero attached hydrogens (tertiary/aromatic N) is 9. The Morgan fingerprint density at radius 3 is 0.823 bits per heavy atom. The third kappa shape index (κ3) is 9.97. The molecule has 6 aromatic heterocycles. The second-order valence-electron chi connectivity index (χ2n) is 24.7. The van der Waals surface area contributed by atoms with Crippen LogP contribution in [0.5, 0.6) is 0 Å². The standard InChI is InChI=1S/3C27H21N3O2/c3*1-27-21-12-6-5-11-19(21)25-20(14-15-23(29-25)22-13-7-8-16-28-22)26(31)30(27)24(17-32-27)18-9-3-2-4-10-18/h3*2-16,24H,17H2,1H3/t3*24-,27-/m000/s1. The van der Waals surface area contributed by atoms with Crippen LogP contribution in [0.15, 0.2) is 273 Å². The van der Waals surface area contributed by atoms with Crippen LogP contribution in [0.2, 0.25) is 0 Å². The van der Waals surface area contributed by atoms with Crippen LogP contribution in [0.4, 0.5) is 0 Å². The highest BCUT2D eigenvalue weighted by atomic mass is 16.5. The molecule has 0 unspecified atom stereocenters. The summed E-state index contributed by atoms with van der Waals surface area (Å²) in [6.45, 7) is 7.27. The molecular weight excluding hydrogens is 1190 g/mol. The molecule has 6 aliphatic heterocycles. The lowest BCUT2D eigenvalue weighted by Gasteiger charge is -2.36. The summed E-state index contributed by atoms with van der Waals surface area (Å²) >= 11 is 0. The molecule has 0 radical (unpaired) electrons. The van der Waals surface area contributed by atoms with Gasteiger partial charge in [0.15, 0.2) is 17.2 Å². The van der Waals surface area contributed by atoms with Gasteiger partial charge in [-0.1, -0.05) is 182 Å². The van der Waals surface area contributed by atoms with E-state index in [0.717, 1.165) is 84.2 Å². The summed E-state index contributed by atoms with van der Waals surface area (Å²) in [4.78, 5) is 75.8. The lowest BCUT2D eigenvalue weighted by atomic mass is 9.95. The zero-order valence-corrected chi connectivity index (χ0v) is 52.8. The maximum atomic E-state index is 14.0. The predicted octanol–water partition coefficient (Wildman–Crippen LogP) is 15.6. The van der Waals surface area contributed by atoms with Gasteiger partial charge in [-0.2, -0.15) is 0 Å². The average Bonchev–Trinajstić information content (AvgIpc) is 1.58. The molecule has 0 spiro atoms. The molecule has 15 heteroatoms. The van der Waals surface area contributed by atoms with E-state index in [-0.39, 0.29) is 35.8 Å². The van der Waals surface area contributed by atoms with Crippen molar-refractivity contribution in [2.45, 2.75) is 56.1 Å². The third-order valence-corrected chi connectivity index (χ3v) is 19.3. The number of amides is 3. The first-order chi connectivity index (χ1) is 47.0. The van der Waals surface area contributed by atoms with Crippen molar-refractivity contribution < 1.29 is 28.6 Å². The van der Waals surface area contributed by atoms with Gasteiger partial charge in [-0.05, 0) is 110 Å². The Morgan fingerprint density at radius 2 is 0.552 bits per heavy atom. The number of carbonyl (C=O) groups excluding carboxylic acids is 3. The largest absolute Gasteiger partial charge is 0.349 e. The zero-order chi connectivity index (χ0) is 65.1. The van der Waals surface area contributed by atoms with Gasteiger partial charge in [-0.25, -0.2) is 15.0 Å². The van der Waals surface area contributed by atoms with Crippen LogP contribution in [0.1, 0.15) is 103 Å². The third-order valence-electron chi connectivity index (χ3n) is 19.3. The van der Waals surface area contributed by atoms with Crippen LogP contribution in [0, 0.1) is 0 Å². The molecule has 468 valence electrons. The number of hydrogen-bond donors (Lipinski definition) is 0. The summed E-state index contributed by atoms with van der Waals surface area (Å²) in [5.74, 6) is -0.236. The van der Waals surface area contributed by atoms with Crippen LogP contribution in [0.25, 0.3) is 67.9 Å². The summed E-state index contributed by atoms with van der Waals surface area (Å²) in [5, 5.41) is 0. The molecule has 0 bridgehead atoms. The van der Waals surface area contributed by atoms with E-state index >= 15 is 0 Å². The van der Waals surface area contributed by atoms with Gasteiger partial charge in [-0.15, -0.1) is 0 Å². The quantitative estimate of drug-likeness (QED) is 0.155. The topological polar surface area (TPSA) is 166 Å². The van der Waals surface area contributed by atoms with E-state index in [1.807, 2.05) is 290 Å². The molecule has 3 fully saturated rings. The number of pyridine rings is 6. The van der Waals surface area contributed by atoms with E-state index in [1.54, 1.807) is 18.6 Å². The highest BCUT2D eigenvalue weighted by Gasteiger charge is 2.55. The maximum absolute atomic E-state index is 14.0. The minimum absolute atomic E-state index is 0.0786. The fraction of sp³-hybridized carbons (Fsp3) is 0.148. The van der Waals surface area contributed by atoms with E-state index in [1.165, 1.54) is 0 Å². The van der Waals surface area contributed by atoms with Crippen molar-refractivity contribution in [1.82, 2.24) is 44.6 Å². The second kappa shape index (κ2) is 24.1. The van der Waals surface area contributed by atoms with E-state index in [4.69, 9.17) is 29.2 Å². The van der Waals surface area contributed by atoms with Crippen molar-refractivity contribution in [3.05, 3.63) is 323 Å². The molecule has 0 N–H and O–H groups in total. The number of ether oxygens (including phenoxy) is 3. The van der Waals surface area contributed by atoms with Gasteiger partial charge in [0.2, 0.25) is 0 Å². The lowest BCUT2D eigenvalue weighted by Crippen LogP contribution is -2.44. The van der Waals surface area contributed by atoms with Gasteiger partial charge in [0.25, 0.3) is 17.7 Å². The molecule has 6 aliphatic rings. The first kappa shape index (κ1) is 59.5. The molecule has 96 heavy (non-hydrogen) atoms. The summed E-state index contributed by atoms with van der Waals surface area (Å²) in [5.41, 5.74) is 14.3. The molecule has 15 nitrogen and oxygen atoms in total. The summed E-state index contributed by atoms with van der Waals surface area (Å²) in [6.07, 6.45) is 5.24. The highest BCUT2D eigenvalue weighted by Crippen LogP contribution is 2.53. The smallest absolute Gasteiger partial charge is 0.259 e. The zero-order valence-electron chi connectivity index (χ0n) is 52.8. The number of hydrogen-bond acceptors (Lipinski definition) is 12. The Morgan fingerprint density at radius 1 is 0.292 bits per heavy atom. The fourth-order valence-corrected chi connectivity index (χ4v) is 14.6. The molecule has 0 saturated carbocycles. The molecular formula is C81H63N9O6.